The van der Waals surface area contributed by atoms with Gasteiger partial charge in [-0.25, -0.2) is 0 Å². The van der Waals surface area contributed by atoms with Crippen LogP contribution in [0.25, 0.3) is 0 Å². The minimum Gasteiger partial charge on any atom is -0.481 e. The van der Waals surface area contributed by atoms with Crippen LogP contribution in [0.2, 0.25) is 0 Å². The molecule has 0 saturated heterocycles. The SMILES string of the molecule is COC(=O)[C@H]1CC[C@@H]2[C@@]3(C)CC[C@H](O)C(C)(C)[C@@H]3CC[C@@]2(C)[C@]1(C)CCC(=O)O. The zero-order valence-corrected chi connectivity index (χ0v) is 19.1. The number of fused-ring (bicyclic) bond motifs is 3. The molecule has 3 saturated carbocycles. The van der Waals surface area contributed by atoms with E-state index in [4.69, 9.17) is 4.74 Å². The van der Waals surface area contributed by atoms with Crippen LogP contribution in [0.4, 0.5) is 0 Å². The molecule has 0 spiro atoms. The average molecular weight is 409 g/mol. The maximum atomic E-state index is 12.7. The second kappa shape index (κ2) is 7.25. The molecule has 5 heteroatoms. The number of carbonyl (C=O) groups excluding carboxylic acids is 1. The Kier molecular flexibility index (Phi) is 5.64. The van der Waals surface area contributed by atoms with E-state index >= 15 is 0 Å². The Labute approximate surface area is 175 Å². The topological polar surface area (TPSA) is 83.8 Å². The highest BCUT2D eigenvalue weighted by molar-refractivity contribution is 5.74. The Hall–Kier alpha value is -1.10. The van der Waals surface area contributed by atoms with E-state index in [2.05, 4.69) is 34.6 Å². The molecule has 0 aromatic carbocycles. The van der Waals surface area contributed by atoms with Crippen molar-refractivity contribution in [1.29, 1.82) is 0 Å². The molecule has 3 fully saturated rings. The molecule has 0 aliphatic heterocycles. The summed E-state index contributed by atoms with van der Waals surface area (Å²) >= 11 is 0. The van der Waals surface area contributed by atoms with Crippen LogP contribution in [0, 0.1) is 39.4 Å². The summed E-state index contributed by atoms with van der Waals surface area (Å²) in [6.45, 7) is 11.3. The van der Waals surface area contributed by atoms with E-state index < -0.39 is 11.4 Å². The van der Waals surface area contributed by atoms with Crippen molar-refractivity contribution in [3.05, 3.63) is 0 Å². The zero-order valence-electron chi connectivity index (χ0n) is 19.1. The molecule has 3 aliphatic carbocycles. The highest BCUT2D eigenvalue weighted by atomic mass is 16.5. The summed E-state index contributed by atoms with van der Waals surface area (Å²) in [5, 5.41) is 20.1. The van der Waals surface area contributed by atoms with Crippen molar-refractivity contribution in [1.82, 2.24) is 0 Å². The molecule has 0 amide bonds. The van der Waals surface area contributed by atoms with Crippen LogP contribution in [0.5, 0.6) is 0 Å². The molecule has 0 aromatic rings. The Bertz CT molecular complexity index is 672. The maximum absolute atomic E-state index is 12.7. The average Bonchev–Trinajstić information content (AvgIpc) is 2.64. The largest absolute Gasteiger partial charge is 0.481 e. The van der Waals surface area contributed by atoms with Gasteiger partial charge < -0.3 is 14.9 Å². The van der Waals surface area contributed by atoms with Crippen LogP contribution >= 0.6 is 0 Å². The number of ether oxygens (including phenoxy) is 1. The van der Waals surface area contributed by atoms with Crippen LogP contribution in [0.15, 0.2) is 0 Å². The normalized spacial score (nSPS) is 46.3. The standard InChI is InChI=1S/C24H40O5/c1-21(2)16-9-13-24(5)17(22(16,3)12-10-18(21)25)8-7-15(20(28)29-6)23(24,4)14-11-19(26)27/h15-18,25H,7-14H2,1-6H3,(H,26,27)/t15-,16+,17-,18+,22+,23-,24-/m1/s1. The minimum absolute atomic E-state index is 0.0800. The van der Waals surface area contributed by atoms with Crippen molar-refractivity contribution in [2.24, 2.45) is 39.4 Å². The summed E-state index contributed by atoms with van der Waals surface area (Å²) in [4.78, 5) is 24.2. The molecule has 0 heterocycles. The molecule has 166 valence electrons. The number of aliphatic hydroxyl groups excluding tert-OH is 1. The second-order valence-corrected chi connectivity index (χ2v) is 11.4. The fraction of sp³-hybridized carbons (Fsp3) is 0.917. The van der Waals surface area contributed by atoms with Gasteiger partial charge in [0, 0.05) is 6.42 Å². The van der Waals surface area contributed by atoms with Gasteiger partial charge >= 0.3 is 11.9 Å². The lowest BCUT2D eigenvalue weighted by molar-refractivity contribution is -0.229. The van der Waals surface area contributed by atoms with Crippen molar-refractivity contribution < 1.29 is 24.5 Å². The van der Waals surface area contributed by atoms with E-state index in [1.807, 2.05) is 0 Å². The van der Waals surface area contributed by atoms with Crippen molar-refractivity contribution in [3.8, 4) is 0 Å². The van der Waals surface area contributed by atoms with Gasteiger partial charge in [-0.3, -0.25) is 9.59 Å². The highest BCUT2D eigenvalue weighted by Crippen LogP contribution is 2.72. The summed E-state index contributed by atoms with van der Waals surface area (Å²) in [6.07, 6.45) is 5.85. The van der Waals surface area contributed by atoms with E-state index in [9.17, 15) is 19.8 Å². The predicted molar refractivity (Wildman–Crippen MR) is 111 cm³/mol. The highest BCUT2D eigenvalue weighted by Gasteiger charge is 2.67. The first kappa shape index (κ1) is 22.6. The van der Waals surface area contributed by atoms with E-state index in [1.54, 1.807) is 0 Å². The Morgan fingerprint density at radius 2 is 1.62 bits per heavy atom. The summed E-state index contributed by atoms with van der Waals surface area (Å²) in [7, 11) is 1.44. The number of aliphatic carboxylic acids is 1. The number of esters is 1. The fourth-order valence-electron chi connectivity index (χ4n) is 8.27. The molecule has 0 aromatic heterocycles. The summed E-state index contributed by atoms with van der Waals surface area (Å²) in [6, 6.07) is 0. The van der Waals surface area contributed by atoms with Gasteiger partial charge in [0.15, 0.2) is 0 Å². The van der Waals surface area contributed by atoms with Gasteiger partial charge in [-0.05, 0) is 78.4 Å². The van der Waals surface area contributed by atoms with Gasteiger partial charge in [0.25, 0.3) is 0 Å². The molecular weight excluding hydrogens is 368 g/mol. The van der Waals surface area contributed by atoms with Crippen LogP contribution < -0.4 is 0 Å². The van der Waals surface area contributed by atoms with E-state index in [0.29, 0.717) is 18.3 Å². The number of carboxylic acids is 1. The molecular formula is C24H40O5. The Morgan fingerprint density at radius 3 is 2.21 bits per heavy atom. The lowest BCUT2D eigenvalue weighted by Crippen LogP contribution is -2.65. The van der Waals surface area contributed by atoms with E-state index in [0.717, 1.165) is 38.5 Å². The molecule has 5 nitrogen and oxygen atoms in total. The number of carbonyl (C=O) groups is 2. The lowest BCUT2D eigenvalue weighted by atomic mass is 9.35. The van der Waals surface area contributed by atoms with Gasteiger partial charge in [-0.2, -0.15) is 0 Å². The van der Waals surface area contributed by atoms with E-state index in [-0.39, 0.29) is 40.7 Å². The number of methoxy groups -OCH3 is 1. The molecule has 29 heavy (non-hydrogen) atoms. The first-order valence-corrected chi connectivity index (χ1v) is 11.3. The van der Waals surface area contributed by atoms with Gasteiger partial charge in [0.1, 0.15) is 0 Å². The Morgan fingerprint density at radius 1 is 0.966 bits per heavy atom. The molecule has 2 N–H and O–H groups in total. The molecule has 3 rings (SSSR count). The number of hydrogen-bond donors (Lipinski definition) is 2. The Balaban J connectivity index is 2.05. The lowest BCUT2D eigenvalue weighted by Gasteiger charge is -2.70. The molecule has 0 unspecified atom stereocenters. The predicted octanol–water partition coefficient (Wildman–Crippen LogP) is 4.66. The van der Waals surface area contributed by atoms with Gasteiger partial charge in [-0.1, -0.05) is 34.6 Å². The van der Waals surface area contributed by atoms with Crippen LogP contribution in [0.1, 0.15) is 86.0 Å². The van der Waals surface area contributed by atoms with Crippen molar-refractivity contribution in [3.63, 3.8) is 0 Å². The van der Waals surface area contributed by atoms with Crippen molar-refractivity contribution >= 4 is 11.9 Å². The second-order valence-electron chi connectivity index (χ2n) is 11.4. The summed E-state index contributed by atoms with van der Waals surface area (Å²) in [5.74, 6) is -0.391. The van der Waals surface area contributed by atoms with Crippen LogP contribution in [-0.4, -0.2) is 35.4 Å². The first-order valence-electron chi connectivity index (χ1n) is 11.3. The molecule has 0 bridgehead atoms. The fourth-order valence-corrected chi connectivity index (χ4v) is 8.27. The van der Waals surface area contributed by atoms with Crippen LogP contribution in [-0.2, 0) is 14.3 Å². The first-order chi connectivity index (χ1) is 13.3. The van der Waals surface area contributed by atoms with Gasteiger partial charge in [-0.15, -0.1) is 0 Å². The third kappa shape index (κ3) is 3.14. The van der Waals surface area contributed by atoms with E-state index in [1.165, 1.54) is 7.11 Å². The molecule has 3 aliphatic rings. The van der Waals surface area contributed by atoms with Gasteiger partial charge in [0.2, 0.25) is 0 Å². The number of aliphatic hydroxyl groups is 1. The summed E-state index contributed by atoms with van der Waals surface area (Å²) < 4.78 is 5.18. The number of rotatable bonds is 4. The number of carboxylic acid groups (broad SMARTS) is 1. The third-order valence-electron chi connectivity index (χ3n) is 10.2. The summed E-state index contributed by atoms with van der Waals surface area (Å²) in [5.41, 5.74) is -0.551. The minimum atomic E-state index is -0.803. The van der Waals surface area contributed by atoms with Crippen molar-refractivity contribution in [2.45, 2.75) is 92.1 Å². The van der Waals surface area contributed by atoms with Crippen molar-refractivity contribution in [2.75, 3.05) is 7.11 Å². The molecule has 7 atom stereocenters. The van der Waals surface area contributed by atoms with Gasteiger partial charge in [0.05, 0.1) is 19.1 Å². The zero-order chi connectivity index (χ0) is 21.8. The maximum Gasteiger partial charge on any atom is 0.309 e. The smallest absolute Gasteiger partial charge is 0.309 e. The quantitative estimate of drug-likeness (QED) is 0.661. The number of hydrogen-bond acceptors (Lipinski definition) is 4. The molecule has 0 radical (unpaired) electrons. The van der Waals surface area contributed by atoms with Crippen LogP contribution in [0.3, 0.4) is 0 Å². The monoisotopic (exact) mass is 408 g/mol. The third-order valence-corrected chi connectivity index (χ3v) is 10.2.